The zero-order chi connectivity index (χ0) is 16.0. The molecule has 1 heterocycles. The third kappa shape index (κ3) is 4.75. The largest absolute Gasteiger partial charge is 0.317 e. The minimum Gasteiger partial charge on any atom is -0.317 e. The van der Waals surface area contributed by atoms with Crippen LogP contribution >= 0.6 is 0 Å². The summed E-state index contributed by atoms with van der Waals surface area (Å²) in [6.07, 6.45) is 4.12. The topological polar surface area (TPSA) is 101 Å². The Bertz CT molecular complexity index is 595. The molecule has 22 heavy (non-hydrogen) atoms. The molecule has 0 saturated carbocycles. The van der Waals surface area contributed by atoms with E-state index < -0.39 is 14.9 Å². The van der Waals surface area contributed by atoms with E-state index in [1.54, 1.807) is 0 Å². The zero-order valence-corrected chi connectivity index (χ0v) is 13.1. The van der Waals surface area contributed by atoms with Crippen LogP contribution in [0.4, 0.5) is 5.69 Å². The van der Waals surface area contributed by atoms with Crippen LogP contribution in [0.15, 0.2) is 29.2 Å². The maximum absolute atomic E-state index is 12.1. The molecule has 1 aromatic carbocycles. The van der Waals surface area contributed by atoms with Crippen molar-refractivity contribution < 1.29 is 13.3 Å². The van der Waals surface area contributed by atoms with E-state index in [9.17, 15) is 18.5 Å². The fourth-order valence-corrected chi connectivity index (χ4v) is 3.67. The van der Waals surface area contributed by atoms with Crippen molar-refractivity contribution in [3.63, 3.8) is 0 Å². The van der Waals surface area contributed by atoms with Gasteiger partial charge in [-0.2, -0.15) is 0 Å². The van der Waals surface area contributed by atoms with Crippen LogP contribution in [0.5, 0.6) is 0 Å². The summed E-state index contributed by atoms with van der Waals surface area (Å²) >= 11 is 0. The van der Waals surface area contributed by atoms with Crippen LogP contribution in [0.25, 0.3) is 0 Å². The van der Waals surface area contributed by atoms with Crippen LogP contribution in [0.2, 0.25) is 0 Å². The quantitative estimate of drug-likeness (QED) is 0.450. The molecule has 0 atom stereocenters. The lowest BCUT2D eigenvalue weighted by Crippen LogP contribution is -2.29. The highest BCUT2D eigenvalue weighted by atomic mass is 32.2. The van der Waals surface area contributed by atoms with Gasteiger partial charge in [0.15, 0.2) is 0 Å². The second kappa shape index (κ2) is 7.66. The van der Waals surface area contributed by atoms with Crippen molar-refractivity contribution in [2.24, 2.45) is 5.92 Å². The van der Waals surface area contributed by atoms with Gasteiger partial charge in [-0.25, -0.2) is 13.1 Å². The molecule has 0 radical (unpaired) electrons. The van der Waals surface area contributed by atoms with Gasteiger partial charge in [-0.1, -0.05) is 0 Å². The fraction of sp³-hybridized carbons (Fsp3) is 0.571. The number of nitro benzene ring substituents is 1. The zero-order valence-electron chi connectivity index (χ0n) is 12.3. The van der Waals surface area contributed by atoms with E-state index in [0.717, 1.165) is 38.8 Å². The molecule has 1 fully saturated rings. The van der Waals surface area contributed by atoms with Crippen molar-refractivity contribution in [3.8, 4) is 0 Å². The molecule has 1 aliphatic rings. The summed E-state index contributed by atoms with van der Waals surface area (Å²) in [6, 6.07) is 4.91. The lowest BCUT2D eigenvalue weighted by Gasteiger charge is -2.22. The SMILES string of the molecule is O=[N+]([O-])c1ccc(S(=O)(=O)NCCCC2CCNCC2)cc1. The van der Waals surface area contributed by atoms with Crippen molar-refractivity contribution in [3.05, 3.63) is 34.4 Å². The van der Waals surface area contributed by atoms with E-state index in [2.05, 4.69) is 10.0 Å². The summed E-state index contributed by atoms with van der Waals surface area (Å²) in [7, 11) is -3.59. The smallest absolute Gasteiger partial charge is 0.269 e. The summed E-state index contributed by atoms with van der Waals surface area (Å²) in [6.45, 7) is 2.47. The molecule has 0 unspecified atom stereocenters. The average molecular weight is 327 g/mol. The van der Waals surface area contributed by atoms with Crippen LogP contribution in [-0.2, 0) is 10.0 Å². The van der Waals surface area contributed by atoms with Crippen LogP contribution in [-0.4, -0.2) is 33.0 Å². The van der Waals surface area contributed by atoms with Gasteiger partial charge in [0.1, 0.15) is 0 Å². The molecule has 0 amide bonds. The first-order valence-corrected chi connectivity index (χ1v) is 8.92. The van der Waals surface area contributed by atoms with Gasteiger partial charge in [-0.05, 0) is 56.8 Å². The molecule has 0 aromatic heterocycles. The molecule has 1 saturated heterocycles. The molecule has 2 rings (SSSR count). The highest BCUT2D eigenvalue weighted by molar-refractivity contribution is 7.89. The molecule has 0 aliphatic carbocycles. The summed E-state index contributed by atoms with van der Waals surface area (Å²) in [4.78, 5) is 10.1. The van der Waals surface area contributed by atoms with Gasteiger partial charge in [-0.15, -0.1) is 0 Å². The summed E-state index contributed by atoms with van der Waals surface area (Å²) in [5, 5.41) is 13.9. The molecular weight excluding hydrogens is 306 g/mol. The summed E-state index contributed by atoms with van der Waals surface area (Å²) < 4.78 is 26.7. The van der Waals surface area contributed by atoms with E-state index in [4.69, 9.17) is 0 Å². The predicted octanol–water partition coefficient (Wildman–Crippen LogP) is 1.65. The fourth-order valence-electron chi connectivity index (χ4n) is 2.60. The molecule has 0 bridgehead atoms. The average Bonchev–Trinajstić information content (AvgIpc) is 2.53. The number of hydrogen-bond acceptors (Lipinski definition) is 5. The third-order valence-electron chi connectivity index (χ3n) is 3.90. The number of benzene rings is 1. The van der Waals surface area contributed by atoms with Gasteiger partial charge in [0.05, 0.1) is 9.82 Å². The van der Waals surface area contributed by atoms with Crippen molar-refractivity contribution in [2.45, 2.75) is 30.6 Å². The normalized spacial score (nSPS) is 16.5. The van der Waals surface area contributed by atoms with Crippen molar-refractivity contribution in [1.82, 2.24) is 10.0 Å². The maximum Gasteiger partial charge on any atom is 0.269 e. The molecule has 2 N–H and O–H groups in total. The Morgan fingerprint density at radius 1 is 1.23 bits per heavy atom. The monoisotopic (exact) mass is 327 g/mol. The van der Waals surface area contributed by atoms with Crippen molar-refractivity contribution >= 4 is 15.7 Å². The number of non-ortho nitro benzene ring substituents is 1. The standard InChI is InChI=1S/C14H21N3O4S/c18-17(19)13-3-5-14(6-4-13)22(20,21)16-9-1-2-12-7-10-15-11-8-12/h3-6,12,15-16H,1-2,7-11H2. The minimum atomic E-state index is -3.59. The van der Waals surface area contributed by atoms with Crippen LogP contribution < -0.4 is 10.0 Å². The molecule has 122 valence electrons. The Morgan fingerprint density at radius 2 is 1.86 bits per heavy atom. The predicted molar refractivity (Wildman–Crippen MR) is 83.1 cm³/mol. The molecule has 0 spiro atoms. The Labute approximate surface area is 130 Å². The van der Waals surface area contributed by atoms with Crippen molar-refractivity contribution in [1.29, 1.82) is 0 Å². The minimum absolute atomic E-state index is 0.0555. The van der Waals surface area contributed by atoms with Gasteiger partial charge >= 0.3 is 0 Å². The lowest BCUT2D eigenvalue weighted by atomic mass is 9.93. The van der Waals surface area contributed by atoms with Gasteiger partial charge in [0.2, 0.25) is 10.0 Å². The number of nitrogens with zero attached hydrogens (tertiary/aromatic N) is 1. The number of piperidine rings is 1. The van der Waals surface area contributed by atoms with E-state index in [-0.39, 0.29) is 10.6 Å². The number of nitrogens with one attached hydrogen (secondary N) is 2. The van der Waals surface area contributed by atoms with Gasteiger partial charge in [-0.3, -0.25) is 10.1 Å². The first kappa shape index (κ1) is 16.9. The Morgan fingerprint density at radius 3 is 2.45 bits per heavy atom. The second-order valence-electron chi connectivity index (χ2n) is 5.48. The molecule has 1 aliphatic heterocycles. The van der Waals surface area contributed by atoms with Crippen LogP contribution in [0, 0.1) is 16.0 Å². The summed E-state index contributed by atoms with van der Waals surface area (Å²) in [5.41, 5.74) is -0.121. The molecule has 8 heteroatoms. The number of hydrogen-bond donors (Lipinski definition) is 2. The van der Waals surface area contributed by atoms with E-state index >= 15 is 0 Å². The molecule has 1 aromatic rings. The highest BCUT2D eigenvalue weighted by Gasteiger charge is 2.16. The van der Waals surface area contributed by atoms with Gasteiger partial charge < -0.3 is 5.32 Å². The third-order valence-corrected chi connectivity index (χ3v) is 5.37. The lowest BCUT2D eigenvalue weighted by molar-refractivity contribution is -0.384. The number of rotatable bonds is 7. The Kier molecular flexibility index (Phi) is 5.87. The van der Waals surface area contributed by atoms with Crippen molar-refractivity contribution in [2.75, 3.05) is 19.6 Å². The van der Waals surface area contributed by atoms with E-state index in [0.29, 0.717) is 12.5 Å². The first-order valence-electron chi connectivity index (χ1n) is 7.44. The van der Waals surface area contributed by atoms with E-state index in [1.807, 2.05) is 0 Å². The maximum atomic E-state index is 12.1. The van der Waals surface area contributed by atoms with Gasteiger partial charge in [0.25, 0.3) is 5.69 Å². The second-order valence-corrected chi connectivity index (χ2v) is 7.25. The number of nitro groups is 1. The van der Waals surface area contributed by atoms with Gasteiger partial charge in [0, 0.05) is 18.7 Å². The summed E-state index contributed by atoms with van der Waals surface area (Å²) in [5.74, 6) is 0.671. The molecule has 7 nitrogen and oxygen atoms in total. The highest BCUT2D eigenvalue weighted by Crippen LogP contribution is 2.18. The van der Waals surface area contributed by atoms with Crippen LogP contribution in [0.1, 0.15) is 25.7 Å². The first-order chi connectivity index (χ1) is 10.5. The van der Waals surface area contributed by atoms with E-state index in [1.165, 1.54) is 24.3 Å². The molecular formula is C14H21N3O4S. The Balaban J connectivity index is 1.81. The number of sulfonamides is 1. The van der Waals surface area contributed by atoms with Crippen LogP contribution in [0.3, 0.4) is 0 Å². The Hall–Kier alpha value is -1.51.